The minimum Gasteiger partial charge on any atom is -0.377 e. The van der Waals surface area contributed by atoms with E-state index >= 15 is 0 Å². The first-order valence-electron chi connectivity index (χ1n) is 7.24. The van der Waals surface area contributed by atoms with E-state index in [0.29, 0.717) is 12.1 Å². The topological polar surface area (TPSA) is 18.5 Å². The second-order valence-corrected chi connectivity index (χ2v) is 5.92. The third-order valence-corrected chi connectivity index (χ3v) is 4.29. The van der Waals surface area contributed by atoms with Crippen LogP contribution < -0.4 is 15.1 Å². The molecule has 2 atom stereocenters. The second-order valence-electron chi connectivity index (χ2n) is 5.92. The van der Waals surface area contributed by atoms with Crippen molar-refractivity contribution in [3.63, 3.8) is 0 Å². The first-order chi connectivity index (χ1) is 9.02. The molecule has 0 aliphatic carbocycles. The Morgan fingerprint density at radius 3 is 2.63 bits per heavy atom. The molecule has 1 saturated heterocycles. The van der Waals surface area contributed by atoms with Crippen molar-refractivity contribution >= 4 is 11.4 Å². The molecule has 1 aliphatic heterocycles. The lowest BCUT2D eigenvalue weighted by Crippen LogP contribution is -2.46. The van der Waals surface area contributed by atoms with E-state index in [1.54, 1.807) is 0 Å². The van der Waals surface area contributed by atoms with Gasteiger partial charge in [0.2, 0.25) is 0 Å². The standard InChI is InChI=1S/C16H27N3/c1-12-6-7-15(11-16(12)18(4)5)19-9-8-14(17-3)10-13(19)2/h6-7,11,13-14,17H,8-10H2,1-5H3. The smallest absolute Gasteiger partial charge is 0.0411 e. The van der Waals surface area contributed by atoms with Gasteiger partial charge in [0, 0.05) is 44.1 Å². The first kappa shape index (κ1) is 14.2. The number of hydrogen-bond acceptors (Lipinski definition) is 3. The normalized spacial score (nSPS) is 23.5. The van der Waals surface area contributed by atoms with E-state index in [1.165, 1.54) is 29.8 Å². The van der Waals surface area contributed by atoms with E-state index in [4.69, 9.17) is 0 Å². The van der Waals surface area contributed by atoms with Crippen LogP contribution in [0.25, 0.3) is 0 Å². The first-order valence-corrected chi connectivity index (χ1v) is 7.24. The summed E-state index contributed by atoms with van der Waals surface area (Å²) in [6.45, 7) is 5.65. The number of nitrogens with zero attached hydrogens (tertiary/aromatic N) is 2. The van der Waals surface area contributed by atoms with Gasteiger partial charge in [-0.3, -0.25) is 0 Å². The van der Waals surface area contributed by atoms with Crippen molar-refractivity contribution in [2.24, 2.45) is 0 Å². The zero-order valence-corrected chi connectivity index (χ0v) is 12.9. The number of aryl methyl sites for hydroxylation is 1. The van der Waals surface area contributed by atoms with Crippen molar-refractivity contribution in [2.75, 3.05) is 37.5 Å². The van der Waals surface area contributed by atoms with Crippen molar-refractivity contribution in [2.45, 2.75) is 38.8 Å². The molecule has 1 aromatic carbocycles. The number of anilines is 2. The van der Waals surface area contributed by atoms with Gasteiger partial charge in [-0.05, 0) is 51.4 Å². The molecule has 1 fully saturated rings. The number of benzene rings is 1. The highest BCUT2D eigenvalue weighted by Crippen LogP contribution is 2.29. The van der Waals surface area contributed by atoms with Crippen molar-refractivity contribution in [3.05, 3.63) is 23.8 Å². The summed E-state index contributed by atoms with van der Waals surface area (Å²) in [4.78, 5) is 4.74. The van der Waals surface area contributed by atoms with Gasteiger partial charge in [0.15, 0.2) is 0 Å². The second kappa shape index (κ2) is 5.83. The van der Waals surface area contributed by atoms with Crippen LogP contribution in [0.4, 0.5) is 11.4 Å². The van der Waals surface area contributed by atoms with E-state index in [9.17, 15) is 0 Å². The van der Waals surface area contributed by atoms with Crippen LogP contribution in [0.1, 0.15) is 25.3 Å². The lowest BCUT2D eigenvalue weighted by atomic mass is 9.97. The highest BCUT2D eigenvalue weighted by molar-refractivity contribution is 5.63. The summed E-state index contributed by atoms with van der Waals surface area (Å²) in [5, 5.41) is 3.41. The number of hydrogen-bond donors (Lipinski definition) is 1. The molecule has 3 nitrogen and oxygen atoms in total. The molecule has 0 spiro atoms. The van der Waals surface area contributed by atoms with E-state index in [1.807, 2.05) is 0 Å². The third kappa shape index (κ3) is 3.03. The maximum absolute atomic E-state index is 3.41. The highest BCUT2D eigenvalue weighted by Gasteiger charge is 2.24. The van der Waals surface area contributed by atoms with Crippen LogP contribution in [-0.2, 0) is 0 Å². The van der Waals surface area contributed by atoms with Crippen LogP contribution in [0.2, 0.25) is 0 Å². The number of nitrogens with one attached hydrogen (secondary N) is 1. The fourth-order valence-electron chi connectivity index (χ4n) is 3.08. The molecule has 0 aromatic heterocycles. The van der Waals surface area contributed by atoms with Gasteiger partial charge < -0.3 is 15.1 Å². The van der Waals surface area contributed by atoms with Gasteiger partial charge in [0.25, 0.3) is 0 Å². The maximum Gasteiger partial charge on any atom is 0.0411 e. The molecule has 2 unspecified atom stereocenters. The fourth-order valence-corrected chi connectivity index (χ4v) is 3.08. The van der Waals surface area contributed by atoms with Gasteiger partial charge in [-0.25, -0.2) is 0 Å². The Morgan fingerprint density at radius 2 is 2.05 bits per heavy atom. The van der Waals surface area contributed by atoms with Crippen molar-refractivity contribution in [3.8, 4) is 0 Å². The Kier molecular flexibility index (Phi) is 4.35. The van der Waals surface area contributed by atoms with Gasteiger partial charge in [-0.15, -0.1) is 0 Å². The summed E-state index contributed by atoms with van der Waals surface area (Å²) in [7, 11) is 6.30. The Hall–Kier alpha value is -1.22. The SMILES string of the molecule is CNC1CCN(c2ccc(C)c(N(C)C)c2)C(C)C1. The summed E-state index contributed by atoms with van der Waals surface area (Å²) in [5.41, 5.74) is 4.02. The van der Waals surface area contributed by atoms with Crippen LogP contribution >= 0.6 is 0 Å². The number of rotatable bonds is 3. The Bertz CT molecular complexity index is 428. The monoisotopic (exact) mass is 261 g/mol. The lowest BCUT2D eigenvalue weighted by Gasteiger charge is -2.39. The summed E-state index contributed by atoms with van der Waals surface area (Å²) in [6.07, 6.45) is 2.45. The quantitative estimate of drug-likeness (QED) is 0.902. The summed E-state index contributed by atoms with van der Waals surface area (Å²) in [6, 6.07) is 8.10. The molecular weight excluding hydrogens is 234 g/mol. The van der Waals surface area contributed by atoms with E-state index in [0.717, 1.165) is 6.54 Å². The fraction of sp³-hybridized carbons (Fsp3) is 0.625. The van der Waals surface area contributed by atoms with E-state index < -0.39 is 0 Å². The molecule has 1 aromatic rings. The van der Waals surface area contributed by atoms with Crippen LogP contribution in [0.3, 0.4) is 0 Å². The zero-order valence-electron chi connectivity index (χ0n) is 12.9. The Labute approximate surface area is 117 Å². The van der Waals surface area contributed by atoms with Crippen molar-refractivity contribution in [1.82, 2.24) is 5.32 Å². The minimum atomic E-state index is 0.601. The van der Waals surface area contributed by atoms with Crippen molar-refractivity contribution in [1.29, 1.82) is 0 Å². The van der Waals surface area contributed by atoms with E-state index in [2.05, 4.69) is 68.3 Å². The predicted molar refractivity (Wildman–Crippen MR) is 84.4 cm³/mol. The highest BCUT2D eigenvalue weighted by atomic mass is 15.2. The van der Waals surface area contributed by atoms with E-state index in [-0.39, 0.29) is 0 Å². The molecule has 0 radical (unpaired) electrons. The van der Waals surface area contributed by atoms with Crippen molar-refractivity contribution < 1.29 is 0 Å². The van der Waals surface area contributed by atoms with Crippen LogP contribution in [0.5, 0.6) is 0 Å². The summed E-state index contributed by atoms with van der Waals surface area (Å²) in [5.74, 6) is 0. The van der Waals surface area contributed by atoms with Gasteiger partial charge in [0.1, 0.15) is 0 Å². The molecule has 1 aliphatic rings. The molecule has 0 amide bonds. The molecule has 19 heavy (non-hydrogen) atoms. The average Bonchev–Trinajstić information content (AvgIpc) is 2.39. The molecule has 1 heterocycles. The molecule has 1 N–H and O–H groups in total. The van der Waals surface area contributed by atoms with Gasteiger partial charge in [-0.1, -0.05) is 6.07 Å². The third-order valence-electron chi connectivity index (χ3n) is 4.29. The summed E-state index contributed by atoms with van der Waals surface area (Å²) >= 11 is 0. The Balaban J connectivity index is 2.20. The Morgan fingerprint density at radius 1 is 1.32 bits per heavy atom. The largest absolute Gasteiger partial charge is 0.377 e. The van der Waals surface area contributed by atoms with Crippen LogP contribution in [0.15, 0.2) is 18.2 Å². The van der Waals surface area contributed by atoms with Crippen LogP contribution in [0, 0.1) is 6.92 Å². The van der Waals surface area contributed by atoms with Gasteiger partial charge in [-0.2, -0.15) is 0 Å². The molecule has 0 bridgehead atoms. The zero-order chi connectivity index (χ0) is 14.0. The molecule has 106 valence electrons. The summed E-state index contributed by atoms with van der Waals surface area (Å²) < 4.78 is 0. The minimum absolute atomic E-state index is 0.601. The molecule has 0 saturated carbocycles. The lowest BCUT2D eigenvalue weighted by molar-refractivity contribution is 0.387. The van der Waals surface area contributed by atoms with Crippen LogP contribution in [-0.4, -0.2) is 39.8 Å². The maximum atomic E-state index is 3.41. The van der Waals surface area contributed by atoms with Gasteiger partial charge in [0.05, 0.1) is 0 Å². The number of piperidine rings is 1. The molecule has 3 heteroatoms. The molecular formula is C16H27N3. The molecule has 2 rings (SSSR count). The van der Waals surface area contributed by atoms with Gasteiger partial charge >= 0.3 is 0 Å². The predicted octanol–water partition coefficient (Wildman–Crippen LogP) is 2.64. The average molecular weight is 261 g/mol.